The predicted octanol–water partition coefficient (Wildman–Crippen LogP) is 4.11. The Morgan fingerprint density at radius 2 is 1.90 bits per heavy atom. The Morgan fingerprint density at radius 1 is 1.19 bits per heavy atom. The van der Waals surface area contributed by atoms with Crippen LogP contribution < -0.4 is 5.32 Å². The molecule has 0 bridgehead atoms. The lowest BCUT2D eigenvalue weighted by molar-refractivity contribution is 0.0937. The Bertz CT molecular complexity index is 575. The molecular weight excluding hydrogens is 260 g/mol. The molecule has 3 nitrogen and oxygen atoms in total. The number of fused-ring (bicyclic) bond motifs is 1. The maximum absolute atomic E-state index is 12.2. The van der Waals surface area contributed by atoms with E-state index < -0.39 is 0 Å². The Labute approximate surface area is 126 Å². The van der Waals surface area contributed by atoms with E-state index in [1.165, 1.54) is 32.1 Å². The minimum absolute atomic E-state index is 0.0174. The lowest BCUT2D eigenvalue weighted by Crippen LogP contribution is -2.31. The molecular formula is C18H24N2O. The number of amides is 1. The minimum Gasteiger partial charge on any atom is -0.351 e. The van der Waals surface area contributed by atoms with Gasteiger partial charge in [0.05, 0.1) is 0 Å². The Balaban J connectivity index is 1.54. The first-order valence-electron chi connectivity index (χ1n) is 8.12. The standard InChI is InChI=1S/C18H24N2O/c1-2-13-7-9-14(10-8-13)12-19-18(21)17-11-15-5-3-4-6-16(15)20-17/h3-6,11,13-14,20H,2,7-10,12H2,1H3,(H,19,21). The molecule has 1 aromatic carbocycles. The fourth-order valence-corrected chi connectivity index (χ4v) is 3.37. The molecule has 112 valence electrons. The molecule has 21 heavy (non-hydrogen) atoms. The van der Waals surface area contributed by atoms with E-state index in [2.05, 4.69) is 17.2 Å². The summed E-state index contributed by atoms with van der Waals surface area (Å²) in [5.74, 6) is 1.58. The minimum atomic E-state index is 0.0174. The Kier molecular flexibility index (Phi) is 4.28. The highest BCUT2D eigenvalue weighted by molar-refractivity contribution is 5.97. The van der Waals surface area contributed by atoms with E-state index in [0.717, 1.165) is 23.4 Å². The summed E-state index contributed by atoms with van der Waals surface area (Å²) >= 11 is 0. The number of rotatable bonds is 4. The van der Waals surface area contributed by atoms with Crippen molar-refractivity contribution < 1.29 is 4.79 Å². The summed E-state index contributed by atoms with van der Waals surface area (Å²) in [5.41, 5.74) is 1.68. The van der Waals surface area contributed by atoms with Gasteiger partial charge in [0.25, 0.3) is 5.91 Å². The molecule has 0 aliphatic heterocycles. The first kappa shape index (κ1) is 14.2. The highest BCUT2D eigenvalue weighted by Gasteiger charge is 2.20. The summed E-state index contributed by atoms with van der Waals surface area (Å²) in [6.07, 6.45) is 6.46. The van der Waals surface area contributed by atoms with Crippen molar-refractivity contribution in [2.75, 3.05) is 6.54 Å². The van der Waals surface area contributed by atoms with Gasteiger partial charge in [0, 0.05) is 17.4 Å². The number of hydrogen-bond acceptors (Lipinski definition) is 1. The molecule has 3 heteroatoms. The van der Waals surface area contributed by atoms with Crippen LogP contribution in [0.3, 0.4) is 0 Å². The number of carbonyl (C=O) groups excluding carboxylic acids is 1. The molecule has 1 saturated carbocycles. The predicted molar refractivity (Wildman–Crippen MR) is 86.4 cm³/mol. The Morgan fingerprint density at radius 3 is 2.62 bits per heavy atom. The summed E-state index contributed by atoms with van der Waals surface area (Å²) in [5, 5.41) is 4.18. The van der Waals surface area contributed by atoms with Crippen molar-refractivity contribution in [2.45, 2.75) is 39.0 Å². The smallest absolute Gasteiger partial charge is 0.267 e. The van der Waals surface area contributed by atoms with Gasteiger partial charge in [-0.05, 0) is 36.8 Å². The third-order valence-electron chi connectivity index (χ3n) is 4.87. The van der Waals surface area contributed by atoms with Crippen LogP contribution in [0.1, 0.15) is 49.5 Å². The summed E-state index contributed by atoms with van der Waals surface area (Å²) in [6, 6.07) is 9.92. The number of para-hydroxylation sites is 1. The average Bonchev–Trinajstić information content (AvgIpc) is 2.97. The second-order valence-corrected chi connectivity index (χ2v) is 6.28. The van der Waals surface area contributed by atoms with Crippen LogP contribution in [-0.4, -0.2) is 17.4 Å². The highest BCUT2D eigenvalue weighted by atomic mass is 16.1. The third-order valence-corrected chi connectivity index (χ3v) is 4.87. The van der Waals surface area contributed by atoms with Crippen LogP contribution in [0.25, 0.3) is 10.9 Å². The van der Waals surface area contributed by atoms with Gasteiger partial charge in [-0.1, -0.05) is 44.4 Å². The third kappa shape index (κ3) is 3.29. The van der Waals surface area contributed by atoms with Crippen LogP contribution in [0.2, 0.25) is 0 Å². The maximum Gasteiger partial charge on any atom is 0.267 e. The number of carbonyl (C=O) groups is 1. The summed E-state index contributed by atoms with van der Waals surface area (Å²) in [7, 11) is 0. The second-order valence-electron chi connectivity index (χ2n) is 6.28. The summed E-state index contributed by atoms with van der Waals surface area (Å²) in [6.45, 7) is 3.09. The highest BCUT2D eigenvalue weighted by Crippen LogP contribution is 2.30. The van der Waals surface area contributed by atoms with Gasteiger partial charge in [0.1, 0.15) is 5.69 Å². The molecule has 0 spiro atoms. The van der Waals surface area contributed by atoms with Crippen molar-refractivity contribution in [3.63, 3.8) is 0 Å². The molecule has 0 atom stereocenters. The van der Waals surface area contributed by atoms with Gasteiger partial charge in [-0.15, -0.1) is 0 Å². The number of nitrogens with one attached hydrogen (secondary N) is 2. The second kappa shape index (κ2) is 6.33. The molecule has 1 aliphatic carbocycles. The number of benzene rings is 1. The first-order chi connectivity index (χ1) is 10.3. The van der Waals surface area contributed by atoms with Gasteiger partial charge in [0.2, 0.25) is 0 Å². The number of aromatic amines is 1. The van der Waals surface area contributed by atoms with E-state index in [0.29, 0.717) is 11.6 Å². The topological polar surface area (TPSA) is 44.9 Å². The van der Waals surface area contributed by atoms with Gasteiger partial charge in [-0.3, -0.25) is 4.79 Å². The first-order valence-corrected chi connectivity index (χ1v) is 8.12. The quantitative estimate of drug-likeness (QED) is 0.871. The maximum atomic E-state index is 12.2. The van der Waals surface area contributed by atoms with Crippen LogP contribution >= 0.6 is 0 Å². The molecule has 1 aliphatic rings. The Hall–Kier alpha value is -1.77. The molecule has 1 heterocycles. The van der Waals surface area contributed by atoms with Gasteiger partial charge in [-0.2, -0.15) is 0 Å². The average molecular weight is 284 g/mol. The molecule has 2 aromatic rings. The fourth-order valence-electron chi connectivity index (χ4n) is 3.37. The van der Waals surface area contributed by atoms with Crippen molar-refractivity contribution in [3.05, 3.63) is 36.0 Å². The van der Waals surface area contributed by atoms with Crippen LogP contribution in [0.4, 0.5) is 0 Å². The van der Waals surface area contributed by atoms with Crippen LogP contribution in [0.5, 0.6) is 0 Å². The van der Waals surface area contributed by atoms with Gasteiger partial charge in [-0.25, -0.2) is 0 Å². The van der Waals surface area contributed by atoms with E-state index in [9.17, 15) is 4.79 Å². The van der Waals surface area contributed by atoms with E-state index in [4.69, 9.17) is 0 Å². The largest absolute Gasteiger partial charge is 0.351 e. The summed E-state index contributed by atoms with van der Waals surface area (Å²) in [4.78, 5) is 15.4. The van der Waals surface area contributed by atoms with E-state index in [-0.39, 0.29) is 5.91 Å². The molecule has 2 N–H and O–H groups in total. The molecule has 0 radical (unpaired) electrons. The van der Waals surface area contributed by atoms with Crippen molar-refractivity contribution in [1.29, 1.82) is 0 Å². The molecule has 0 unspecified atom stereocenters. The molecule has 0 saturated heterocycles. The van der Waals surface area contributed by atoms with Crippen molar-refractivity contribution in [1.82, 2.24) is 10.3 Å². The van der Waals surface area contributed by atoms with Gasteiger partial charge < -0.3 is 10.3 Å². The molecule has 1 fully saturated rings. The normalized spacial score (nSPS) is 22.3. The lowest BCUT2D eigenvalue weighted by Gasteiger charge is -2.27. The number of H-pyrrole nitrogens is 1. The van der Waals surface area contributed by atoms with Crippen molar-refractivity contribution >= 4 is 16.8 Å². The van der Waals surface area contributed by atoms with Gasteiger partial charge >= 0.3 is 0 Å². The van der Waals surface area contributed by atoms with E-state index in [1.807, 2.05) is 30.3 Å². The van der Waals surface area contributed by atoms with Crippen LogP contribution in [0.15, 0.2) is 30.3 Å². The zero-order chi connectivity index (χ0) is 14.7. The zero-order valence-electron chi connectivity index (χ0n) is 12.7. The van der Waals surface area contributed by atoms with Crippen LogP contribution in [0, 0.1) is 11.8 Å². The lowest BCUT2D eigenvalue weighted by atomic mass is 9.81. The fraction of sp³-hybridized carbons (Fsp3) is 0.500. The molecule has 1 amide bonds. The van der Waals surface area contributed by atoms with Crippen molar-refractivity contribution in [2.24, 2.45) is 11.8 Å². The molecule has 3 rings (SSSR count). The monoisotopic (exact) mass is 284 g/mol. The summed E-state index contributed by atoms with van der Waals surface area (Å²) < 4.78 is 0. The number of aromatic nitrogens is 1. The van der Waals surface area contributed by atoms with Crippen LogP contribution in [-0.2, 0) is 0 Å². The SMILES string of the molecule is CCC1CCC(CNC(=O)c2cc3ccccc3[nH]2)CC1. The zero-order valence-corrected chi connectivity index (χ0v) is 12.7. The number of hydrogen-bond donors (Lipinski definition) is 2. The van der Waals surface area contributed by atoms with Crippen molar-refractivity contribution in [3.8, 4) is 0 Å². The molecule has 1 aromatic heterocycles. The van der Waals surface area contributed by atoms with E-state index in [1.54, 1.807) is 0 Å². The van der Waals surface area contributed by atoms with Gasteiger partial charge in [0.15, 0.2) is 0 Å². The van der Waals surface area contributed by atoms with E-state index >= 15 is 0 Å².